The second-order valence-corrected chi connectivity index (χ2v) is 6.41. The van der Waals surface area contributed by atoms with Gasteiger partial charge in [0.15, 0.2) is 11.7 Å². The van der Waals surface area contributed by atoms with Crippen molar-refractivity contribution >= 4 is 30.7 Å². The molecule has 0 radical (unpaired) electrons. The van der Waals surface area contributed by atoms with Gasteiger partial charge in [0.1, 0.15) is 0 Å². The van der Waals surface area contributed by atoms with Gasteiger partial charge in [0, 0.05) is 43.6 Å². The third-order valence-electron chi connectivity index (χ3n) is 4.75. The number of carbonyl (C=O) groups is 1. The third-order valence-corrected chi connectivity index (χ3v) is 4.75. The molecule has 1 fully saturated rings. The van der Waals surface area contributed by atoms with Crippen LogP contribution in [-0.2, 0) is 11.2 Å². The van der Waals surface area contributed by atoms with Crippen LogP contribution in [0.1, 0.15) is 32.6 Å². The van der Waals surface area contributed by atoms with Crippen LogP contribution in [0.5, 0.6) is 0 Å². The molecule has 1 N–H and O–H groups in total. The van der Waals surface area contributed by atoms with E-state index in [1.165, 1.54) is 0 Å². The van der Waals surface area contributed by atoms with Crippen LogP contribution >= 0.6 is 24.8 Å². The molecule has 0 aliphatic carbocycles. The number of hydrogen-bond donors (Lipinski definition) is 1. The molecule has 0 saturated carbocycles. The molecule has 0 bridgehead atoms. The predicted octanol–water partition coefficient (Wildman–Crippen LogP) is 3.72. The quantitative estimate of drug-likeness (QED) is 0.831. The van der Waals surface area contributed by atoms with E-state index in [9.17, 15) is 4.79 Å². The molecule has 3 rings (SSSR count). The van der Waals surface area contributed by atoms with Crippen LogP contribution in [0, 0.1) is 0 Å². The minimum absolute atomic E-state index is 0. The summed E-state index contributed by atoms with van der Waals surface area (Å²) in [5.74, 6) is 1.70. The lowest BCUT2D eigenvalue weighted by molar-refractivity contribution is -0.134. The fraction of sp³-hybridized carbons (Fsp3) is 0.474. The summed E-state index contributed by atoms with van der Waals surface area (Å²) in [6.45, 7) is 5.90. The summed E-state index contributed by atoms with van der Waals surface area (Å²) in [5, 5.41) is 3.40. The maximum Gasteiger partial charge on any atom is 0.222 e. The van der Waals surface area contributed by atoms with Crippen LogP contribution in [0.25, 0.3) is 11.3 Å². The number of piperazine rings is 1. The van der Waals surface area contributed by atoms with Crippen molar-refractivity contribution in [1.82, 2.24) is 15.2 Å². The van der Waals surface area contributed by atoms with Crippen molar-refractivity contribution in [3.63, 3.8) is 0 Å². The standard InChI is InChI=1S/C19H25N3O2.2ClH/c1-14-15(2)22(12-11-20-14)19(23)10-6-9-18-21-13-17(24-18)16-7-4-3-5-8-16;;/h3-5,7-8,13-15,20H,6,9-12H2,1-2H3;2*1H. The van der Waals surface area contributed by atoms with Gasteiger partial charge in [-0.2, -0.15) is 0 Å². The lowest BCUT2D eigenvalue weighted by Crippen LogP contribution is -2.57. The Labute approximate surface area is 167 Å². The van der Waals surface area contributed by atoms with Gasteiger partial charge in [0.2, 0.25) is 5.91 Å². The van der Waals surface area contributed by atoms with E-state index in [2.05, 4.69) is 24.1 Å². The van der Waals surface area contributed by atoms with E-state index in [4.69, 9.17) is 4.42 Å². The second-order valence-electron chi connectivity index (χ2n) is 6.41. The van der Waals surface area contributed by atoms with E-state index in [-0.39, 0.29) is 36.8 Å². The van der Waals surface area contributed by atoms with Crippen LogP contribution < -0.4 is 5.32 Å². The summed E-state index contributed by atoms with van der Waals surface area (Å²) in [6, 6.07) is 10.5. The smallest absolute Gasteiger partial charge is 0.222 e. The minimum atomic E-state index is 0. The zero-order chi connectivity index (χ0) is 16.9. The molecule has 1 amide bonds. The molecule has 7 heteroatoms. The Balaban J connectivity index is 0.00000169. The monoisotopic (exact) mass is 399 g/mol. The van der Waals surface area contributed by atoms with Gasteiger partial charge < -0.3 is 14.6 Å². The van der Waals surface area contributed by atoms with E-state index in [1.807, 2.05) is 35.2 Å². The first-order chi connectivity index (χ1) is 11.6. The van der Waals surface area contributed by atoms with Crippen molar-refractivity contribution in [2.45, 2.75) is 45.2 Å². The average Bonchev–Trinajstić information content (AvgIpc) is 3.07. The number of aromatic nitrogens is 1. The molecule has 1 aliphatic rings. The van der Waals surface area contributed by atoms with E-state index < -0.39 is 0 Å². The highest BCUT2D eigenvalue weighted by molar-refractivity contribution is 5.85. The number of nitrogens with one attached hydrogen (secondary N) is 1. The largest absolute Gasteiger partial charge is 0.441 e. The summed E-state index contributed by atoms with van der Waals surface area (Å²) in [6.07, 6.45) is 3.75. The summed E-state index contributed by atoms with van der Waals surface area (Å²) in [7, 11) is 0. The Hall–Kier alpha value is -1.56. The number of benzene rings is 1. The maximum atomic E-state index is 12.4. The zero-order valence-electron chi connectivity index (χ0n) is 15.2. The molecular formula is C19H27Cl2N3O2. The number of amides is 1. The Morgan fingerprint density at radius 3 is 2.73 bits per heavy atom. The van der Waals surface area contributed by atoms with Crippen molar-refractivity contribution in [3.05, 3.63) is 42.4 Å². The van der Waals surface area contributed by atoms with Crippen molar-refractivity contribution < 1.29 is 9.21 Å². The first-order valence-corrected chi connectivity index (χ1v) is 8.68. The number of rotatable bonds is 5. The molecule has 0 spiro atoms. The van der Waals surface area contributed by atoms with Gasteiger partial charge in [-0.3, -0.25) is 4.79 Å². The molecule has 144 valence electrons. The molecule has 2 aromatic rings. The van der Waals surface area contributed by atoms with Crippen LogP contribution in [0.15, 0.2) is 40.9 Å². The van der Waals surface area contributed by atoms with E-state index in [1.54, 1.807) is 6.20 Å². The van der Waals surface area contributed by atoms with E-state index in [0.29, 0.717) is 24.8 Å². The number of aryl methyl sites for hydroxylation is 1. The Bertz CT molecular complexity index is 678. The molecule has 5 nitrogen and oxygen atoms in total. The fourth-order valence-corrected chi connectivity index (χ4v) is 3.10. The topological polar surface area (TPSA) is 58.4 Å². The van der Waals surface area contributed by atoms with Crippen LogP contribution in [0.4, 0.5) is 0 Å². The highest BCUT2D eigenvalue weighted by atomic mass is 35.5. The first-order valence-electron chi connectivity index (χ1n) is 8.68. The van der Waals surface area contributed by atoms with Gasteiger partial charge in [-0.1, -0.05) is 30.3 Å². The summed E-state index contributed by atoms with van der Waals surface area (Å²) >= 11 is 0. The molecule has 2 unspecified atom stereocenters. The second kappa shape index (κ2) is 10.6. The van der Waals surface area contributed by atoms with Crippen molar-refractivity contribution in [2.24, 2.45) is 0 Å². The number of oxazole rings is 1. The Morgan fingerprint density at radius 1 is 1.27 bits per heavy atom. The Morgan fingerprint density at radius 2 is 2.00 bits per heavy atom. The van der Waals surface area contributed by atoms with Crippen LogP contribution in [0.3, 0.4) is 0 Å². The Kier molecular flexibility index (Phi) is 9.13. The molecule has 1 aromatic heterocycles. The highest BCUT2D eigenvalue weighted by Gasteiger charge is 2.27. The molecule has 2 heterocycles. The van der Waals surface area contributed by atoms with Gasteiger partial charge >= 0.3 is 0 Å². The average molecular weight is 400 g/mol. The third kappa shape index (κ3) is 5.47. The van der Waals surface area contributed by atoms with Crippen LogP contribution in [-0.4, -0.2) is 41.0 Å². The van der Waals surface area contributed by atoms with Gasteiger partial charge in [0.05, 0.1) is 6.20 Å². The molecule has 1 aliphatic heterocycles. The summed E-state index contributed by atoms with van der Waals surface area (Å²) in [4.78, 5) is 18.7. The van der Waals surface area contributed by atoms with Crippen molar-refractivity contribution in [3.8, 4) is 11.3 Å². The van der Waals surface area contributed by atoms with Gasteiger partial charge in [-0.15, -0.1) is 24.8 Å². The van der Waals surface area contributed by atoms with Crippen molar-refractivity contribution in [1.29, 1.82) is 0 Å². The predicted molar refractivity (Wildman–Crippen MR) is 108 cm³/mol. The van der Waals surface area contributed by atoms with Gasteiger partial charge in [0.25, 0.3) is 0 Å². The van der Waals surface area contributed by atoms with E-state index in [0.717, 1.165) is 30.8 Å². The zero-order valence-corrected chi connectivity index (χ0v) is 16.8. The van der Waals surface area contributed by atoms with Gasteiger partial charge in [-0.05, 0) is 20.3 Å². The number of halogens is 2. The molecule has 1 aromatic carbocycles. The molecule has 26 heavy (non-hydrogen) atoms. The minimum Gasteiger partial charge on any atom is -0.441 e. The highest BCUT2D eigenvalue weighted by Crippen LogP contribution is 2.20. The normalized spacial score (nSPS) is 19.4. The van der Waals surface area contributed by atoms with E-state index >= 15 is 0 Å². The number of hydrogen-bond acceptors (Lipinski definition) is 4. The lowest BCUT2D eigenvalue weighted by atomic mass is 10.1. The SMILES string of the molecule is CC1NCCN(C(=O)CCCc2ncc(-c3ccccc3)o2)C1C.Cl.Cl. The maximum absolute atomic E-state index is 12.4. The summed E-state index contributed by atoms with van der Waals surface area (Å²) in [5.41, 5.74) is 1.02. The van der Waals surface area contributed by atoms with Gasteiger partial charge in [-0.25, -0.2) is 4.98 Å². The molecule has 2 atom stereocenters. The number of nitrogens with zero attached hydrogens (tertiary/aromatic N) is 2. The van der Waals surface area contributed by atoms with Crippen LogP contribution in [0.2, 0.25) is 0 Å². The lowest BCUT2D eigenvalue weighted by Gasteiger charge is -2.38. The first kappa shape index (κ1) is 22.5. The molecular weight excluding hydrogens is 373 g/mol. The summed E-state index contributed by atoms with van der Waals surface area (Å²) < 4.78 is 5.79. The number of carbonyl (C=O) groups excluding carboxylic acids is 1. The fourth-order valence-electron chi connectivity index (χ4n) is 3.10. The van der Waals surface area contributed by atoms with Crippen molar-refractivity contribution in [2.75, 3.05) is 13.1 Å². The molecule has 1 saturated heterocycles.